The number of nitrogens with zero attached hydrogens (tertiary/aromatic N) is 4. The summed E-state index contributed by atoms with van der Waals surface area (Å²) < 4.78 is 12.9. The number of hydrogen-bond donors (Lipinski definition) is 1. The van der Waals surface area contributed by atoms with E-state index in [0.29, 0.717) is 18.5 Å². The van der Waals surface area contributed by atoms with Crippen molar-refractivity contribution in [3.63, 3.8) is 0 Å². The number of carbonyl (C=O) groups excluding carboxylic acids is 1. The Hall–Kier alpha value is -3.91. The molecule has 1 N–H and O–H groups in total. The number of nitrogens with one attached hydrogen (secondary N) is 1. The average Bonchev–Trinajstić information content (AvgIpc) is 3.20. The van der Waals surface area contributed by atoms with E-state index in [2.05, 4.69) is 55.3 Å². The van der Waals surface area contributed by atoms with Crippen LogP contribution >= 0.6 is 0 Å². The molecule has 0 radical (unpaired) electrons. The lowest BCUT2D eigenvalue weighted by molar-refractivity contribution is 0.0954. The summed E-state index contributed by atoms with van der Waals surface area (Å²) in [5.41, 5.74) is 1.91. The lowest BCUT2D eigenvalue weighted by Crippen LogP contribution is -2.28. The molecule has 0 unspecified atom stereocenters. The highest BCUT2D eigenvalue weighted by atomic mass is 16.5. The molecule has 1 amide bonds. The summed E-state index contributed by atoms with van der Waals surface area (Å²) in [7, 11) is 3.32. The van der Waals surface area contributed by atoms with Gasteiger partial charge >= 0.3 is 0 Å². The molecule has 0 saturated carbocycles. The molecule has 2 heterocycles. The van der Waals surface area contributed by atoms with E-state index in [1.165, 1.54) is 10.9 Å². The zero-order valence-corrected chi connectivity index (χ0v) is 20.7. The first kappa shape index (κ1) is 23.8. The Labute approximate surface area is 210 Å². The smallest absolute Gasteiger partial charge is 0.251 e. The van der Waals surface area contributed by atoms with Gasteiger partial charge in [-0.1, -0.05) is 30.3 Å². The van der Waals surface area contributed by atoms with E-state index in [-0.39, 0.29) is 5.91 Å². The highest BCUT2D eigenvalue weighted by Gasteiger charge is 2.20. The summed E-state index contributed by atoms with van der Waals surface area (Å²) in [5, 5.41) is 14.2. The minimum atomic E-state index is -0.105. The number of methoxy groups -OCH3 is 2. The molecule has 186 valence electrons. The predicted molar refractivity (Wildman–Crippen MR) is 139 cm³/mol. The minimum Gasteiger partial charge on any atom is -0.497 e. The molecule has 8 heteroatoms. The van der Waals surface area contributed by atoms with Crippen molar-refractivity contribution in [3.05, 3.63) is 83.4 Å². The Balaban J connectivity index is 1.19. The van der Waals surface area contributed by atoms with Crippen LogP contribution in [0, 0.1) is 0 Å². The number of aromatic nitrogens is 3. The van der Waals surface area contributed by atoms with Crippen LogP contribution < -0.4 is 14.8 Å². The molecule has 8 nitrogen and oxygen atoms in total. The minimum absolute atomic E-state index is 0.105. The zero-order valence-electron chi connectivity index (χ0n) is 20.7. The Morgan fingerprint density at radius 2 is 1.72 bits per heavy atom. The van der Waals surface area contributed by atoms with E-state index in [1.54, 1.807) is 38.5 Å². The van der Waals surface area contributed by atoms with Gasteiger partial charge in [-0.05, 0) is 41.3 Å². The summed E-state index contributed by atoms with van der Waals surface area (Å²) >= 11 is 0. The molecule has 1 aromatic heterocycles. The Morgan fingerprint density at radius 3 is 2.50 bits per heavy atom. The van der Waals surface area contributed by atoms with Gasteiger partial charge in [-0.3, -0.25) is 9.69 Å². The van der Waals surface area contributed by atoms with Gasteiger partial charge in [0.15, 0.2) is 0 Å². The maximum atomic E-state index is 12.5. The van der Waals surface area contributed by atoms with Crippen molar-refractivity contribution in [1.82, 2.24) is 25.0 Å². The van der Waals surface area contributed by atoms with E-state index < -0.39 is 0 Å². The number of fused-ring (bicyclic) bond motifs is 2. The molecule has 1 aliphatic rings. The van der Waals surface area contributed by atoms with Crippen LogP contribution in [0.5, 0.6) is 11.5 Å². The number of amides is 1. The predicted octanol–water partition coefficient (Wildman–Crippen LogP) is 3.48. The highest BCUT2D eigenvalue weighted by molar-refractivity contribution is 5.94. The van der Waals surface area contributed by atoms with Gasteiger partial charge in [0, 0.05) is 56.5 Å². The molecule has 0 aliphatic carbocycles. The van der Waals surface area contributed by atoms with Crippen LogP contribution in [0.1, 0.15) is 27.6 Å². The van der Waals surface area contributed by atoms with Crippen molar-refractivity contribution in [2.24, 2.45) is 0 Å². The first-order chi connectivity index (χ1) is 17.7. The second-order valence-electron chi connectivity index (χ2n) is 8.92. The molecule has 5 rings (SSSR count). The van der Waals surface area contributed by atoms with E-state index in [4.69, 9.17) is 9.47 Å². The van der Waals surface area contributed by atoms with Crippen molar-refractivity contribution in [1.29, 1.82) is 0 Å². The molecule has 3 aromatic carbocycles. The summed E-state index contributed by atoms with van der Waals surface area (Å²) in [6.07, 6.45) is 1.48. The van der Waals surface area contributed by atoms with E-state index in [0.717, 1.165) is 61.1 Å². The van der Waals surface area contributed by atoms with Crippen LogP contribution in [0.15, 0.2) is 60.7 Å². The summed E-state index contributed by atoms with van der Waals surface area (Å²) in [4.78, 5) is 14.9. The van der Waals surface area contributed by atoms with Crippen molar-refractivity contribution in [2.75, 3.05) is 33.9 Å². The monoisotopic (exact) mass is 485 g/mol. The first-order valence-electron chi connectivity index (χ1n) is 12.3. The van der Waals surface area contributed by atoms with Crippen LogP contribution in [0.25, 0.3) is 10.8 Å². The fraction of sp³-hybridized carbons (Fsp3) is 0.321. The zero-order chi connectivity index (χ0) is 24.9. The quantitative estimate of drug-likeness (QED) is 0.412. The van der Waals surface area contributed by atoms with Gasteiger partial charge in [0.1, 0.15) is 23.1 Å². The highest BCUT2D eigenvalue weighted by Crippen LogP contribution is 2.29. The maximum absolute atomic E-state index is 12.5. The molecule has 36 heavy (non-hydrogen) atoms. The van der Waals surface area contributed by atoms with Crippen molar-refractivity contribution in [3.8, 4) is 11.5 Å². The number of benzene rings is 3. The largest absolute Gasteiger partial charge is 0.497 e. The van der Waals surface area contributed by atoms with Crippen LogP contribution in [-0.4, -0.2) is 59.4 Å². The average molecular weight is 486 g/mol. The van der Waals surface area contributed by atoms with Crippen LogP contribution in [0.3, 0.4) is 0 Å². The van der Waals surface area contributed by atoms with Crippen molar-refractivity contribution in [2.45, 2.75) is 25.9 Å². The molecule has 0 fully saturated rings. The number of ether oxygens (including phenoxy) is 2. The summed E-state index contributed by atoms with van der Waals surface area (Å²) in [5.74, 6) is 3.45. The maximum Gasteiger partial charge on any atom is 0.251 e. The summed E-state index contributed by atoms with van der Waals surface area (Å²) in [6, 6.07) is 19.7. The van der Waals surface area contributed by atoms with Gasteiger partial charge in [-0.2, -0.15) is 0 Å². The summed E-state index contributed by atoms with van der Waals surface area (Å²) in [6.45, 7) is 4.04. The molecule has 0 spiro atoms. The SMILES string of the molecule is COc1ccc(C(=O)NCCc2nnc3n2CCN(Cc2ccc(OC)c4ccccc24)CC3)cc1. The second-order valence-corrected chi connectivity index (χ2v) is 8.92. The number of carbonyl (C=O) groups is 1. The van der Waals surface area contributed by atoms with Gasteiger partial charge < -0.3 is 19.4 Å². The topological polar surface area (TPSA) is 81.5 Å². The number of rotatable bonds is 8. The third kappa shape index (κ3) is 5.04. The van der Waals surface area contributed by atoms with Crippen LogP contribution in [0.4, 0.5) is 0 Å². The standard InChI is InChI=1S/C28H31N5O3/c1-35-22-10-7-20(8-11-22)28(34)29-15-13-26-30-31-27-14-16-32(17-18-33(26)27)19-21-9-12-25(36-2)24-6-4-3-5-23(21)24/h3-12H,13-19H2,1-2H3,(H,29,34). The Bertz CT molecular complexity index is 1350. The molecular weight excluding hydrogens is 454 g/mol. The Kier molecular flexibility index (Phi) is 7.13. The van der Waals surface area contributed by atoms with Gasteiger partial charge in [0.2, 0.25) is 0 Å². The molecule has 4 aromatic rings. The lowest BCUT2D eigenvalue weighted by atomic mass is 10.0. The fourth-order valence-corrected chi connectivity index (χ4v) is 4.79. The van der Waals surface area contributed by atoms with E-state index in [9.17, 15) is 4.79 Å². The normalized spacial score (nSPS) is 13.7. The van der Waals surface area contributed by atoms with E-state index in [1.807, 2.05) is 6.07 Å². The van der Waals surface area contributed by atoms with Crippen LogP contribution in [0.2, 0.25) is 0 Å². The molecule has 1 aliphatic heterocycles. The van der Waals surface area contributed by atoms with Gasteiger partial charge in [-0.15, -0.1) is 10.2 Å². The van der Waals surface area contributed by atoms with Crippen molar-refractivity contribution < 1.29 is 14.3 Å². The van der Waals surface area contributed by atoms with Gasteiger partial charge in [0.25, 0.3) is 5.91 Å². The third-order valence-corrected chi connectivity index (χ3v) is 6.77. The molecule has 0 saturated heterocycles. The van der Waals surface area contributed by atoms with E-state index >= 15 is 0 Å². The molecule has 0 bridgehead atoms. The van der Waals surface area contributed by atoms with Crippen molar-refractivity contribution >= 4 is 16.7 Å². The van der Waals surface area contributed by atoms with Crippen LogP contribution in [-0.2, 0) is 25.9 Å². The first-order valence-corrected chi connectivity index (χ1v) is 12.3. The second kappa shape index (κ2) is 10.8. The lowest BCUT2D eigenvalue weighted by Gasteiger charge is -2.21. The molecular formula is C28H31N5O3. The Morgan fingerprint density at radius 1 is 0.917 bits per heavy atom. The number of hydrogen-bond acceptors (Lipinski definition) is 6. The molecule has 0 atom stereocenters. The van der Waals surface area contributed by atoms with Gasteiger partial charge in [-0.25, -0.2) is 0 Å². The van der Waals surface area contributed by atoms with Gasteiger partial charge in [0.05, 0.1) is 14.2 Å². The third-order valence-electron chi connectivity index (χ3n) is 6.77. The fourth-order valence-electron chi connectivity index (χ4n) is 4.79.